The van der Waals surface area contributed by atoms with Crippen molar-refractivity contribution in [3.05, 3.63) is 11.6 Å². The van der Waals surface area contributed by atoms with Crippen molar-refractivity contribution in [3.63, 3.8) is 0 Å². The van der Waals surface area contributed by atoms with Crippen molar-refractivity contribution in [2.75, 3.05) is 6.61 Å². The number of aliphatic hydroxyl groups is 1. The van der Waals surface area contributed by atoms with Gasteiger partial charge in [0.15, 0.2) is 16.7 Å². The van der Waals surface area contributed by atoms with Crippen molar-refractivity contribution in [2.24, 2.45) is 34.5 Å². The minimum atomic E-state index is -0.361. The van der Waals surface area contributed by atoms with Crippen LogP contribution >= 0.6 is 11.8 Å². The lowest BCUT2D eigenvalue weighted by Crippen LogP contribution is -2.55. The molecular weight excluding hydrogens is 384 g/mol. The summed E-state index contributed by atoms with van der Waals surface area (Å²) < 4.78 is 0. The van der Waals surface area contributed by atoms with E-state index in [-0.39, 0.29) is 45.3 Å². The fourth-order valence-corrected chi connectivity index (χ4v) is 8.82. The summed E-state index contributed by atoms with van der Waals surface area (Å²) in [6, 6.07) is 0. The molecule has 29 heavy (non-hydrogen) atoms. The smallest absolute Gasteiger partial charge is 0.188 e. The third-order valence-electron chi connectivity index (χ3n) is 9.08. The summed E-state index contributed by atoms with van der Waals surface area (Å²) in [5.74, 6) is 1.47. The molecule has 4 rings (SSSR count). The second-order valence-corrected chi connectivity index (χ2v) is 11.5. The first kappa shape index (κ1) is 21.3. The number of thioether (sulfide) groups is 1. The van der Waals surface area contributed by atoms with Crippen LogP contribution in [0.1, 0.15) is 72.1 Å². The van der Waals surface area contributed by atoms with E-state index in [1.807, 2.05) is 13.0 Å². The second-order valence-electron chi connectivity index (χ2n) is 10.2. The van der Waals surface area contributed by atoms with Crippen LogP contribution in [0.25, 0.3) is 0 Å². The Hall–Kier alpha value is -0.940. The van der Waals surface area contributed by atoms with Gasteiger partial charge in [-0.1, -0.05) is 38.1 Å². The van der Waals surface area contributed by atoms with Crippen LogP contribution in [-0.4, -0.2) is 33.6 Å². The number of hydrogen-bond acceptors (Lipinski definition) is 5. The molecule has 0 aromatic rings. The SMILES string of the molecule is CCC(=O)SC1CC2=CC(=O)CC[C@]2(C)[C@H]2CC[C@]3(C)[C@@H](C(=O)CO)CC[C@H]3[C@H]12. The summed E-state index contributed by atoms with van der Waals surface area (Å²) in [6.07, 6.45) is 8.72. The number of carbonyl (C=O) groups excluding carboxylic acids is 3. The van der Waals surface area contributed by atoms with E-state index in [4.69, 9.17) is 0 Å². The average molecular weight is 419 g/mol. The van der Waals surface area contributed by atoms with Crippen molar-refractivity contribution in [1.29, 1.82) is 0 Å². The molecule has 160 valence electrons. The normalized spacial score (nSPS) is 43.8. The molecule has 0 spiro atoms. The minimum Gasteiger partial charge on any atom is -0.389 e. The standard InChI is InChI=1S/C24H34O4S/c1-4-21(28)29-20-12-14-11-15(26)7-9-23(14,2)18-8-10-24(3)16(19(27)13-25)5-6-17(24)22(18)20/h11,16-18,20,22,25H,4-10,12-13H2,1-3H3/t16-,17+,18+,20?,22+,23+,24-/m1/s1. The largest absolute Gasteiger partial charge is 0.389 e. The van der Waals surface area contributed by atoms with E-state index < -0.39 is 0 Å². The van der Waals surface area contributed by atoms with E-state index >= 15 is 0 Å². The van der Waals surface area contributed by atoms with E-state index in [9.17, 15) is 19.5 Å². The average Bonchev–Trinajstić information content (AvgIpc) is 3.05. The molecule has 0 aromatic heterocycles. The maximum atomic E-state index is 12.5. The van der Waals surface area contributed by atoms with Gasteiger partial charge < -0.3 is 5.11 Å². The summed E-state index contributed by atoms with van der Waals surface area (Å²) in [7, 11) is 0. The molecule has 4 nitrogen and oxygen atoms in total. The Bertz CT molecular complexity index is 758. The monoisotopic (exact) mass is 418 g/mol. The highest BCUT2D eigenvalue weighted by Gasteiger charge is 2.62. The molecule has 0 radical (unpaired) electrons. The number of ketones is 2. The van der Waals surface area contributed by atoms with E-state index in [0.717, 1.165) is 38.5 Å². The van der Waals surface area contributed by atoms with Gasteiger partial charge >= 0.3 is 0 Å². The molecule has 0 aliphatic heterocycles. The van der Waals surface area contributed by atoms with Crippen molar-refractivity contribution in [2.45, 2.75) is 77.4 Å². The zero-order valence-corrected chi connectivity index (χ0v) is 18.7. The Morgan fingerprint density at radius 3 is 2.62 bits per heavy atom. The summed E-state index contributed by atoms with van der Waals surface area (Å²) in [6.45, 7) is 6.17. The van der Waals surface area contributed by atoms with Gasteiger partial charge in [0.05, 0.1) is 0 Å². The van der Waals surface area contributed by atoms with Gasteiger partial charge in [-0.05, 0) is 73.2 Å². The van der Waals surface area contributed by atoms with Crippen LogP contribution in [0.15, 0.2) is 11.6 Å². The molecule has 5 heteroatoms. The molecule has 0 amide bonds. The van der Waals surface area contributed by atoms with Gasteiger partial charge in [-0.2, -0.15) is 0 Å². The lowest BCUT2D eigenvalue weighted by atomic mass is 9.46. The number of Topliss-reactive ketones (excluding diaryl/α,β-unsaturated/α-hetero) is 1. The number of aliphatic hydroxyl groups excluding tert-OH is 1. The Labute approximate surface area is 178 Å². The Morgan fingerprint density at radius 1 is 1.17 bits per heavy atom. The highest BCUT2D eigenvalue weighted by atomic mass is 32.2. The number of fused-ring (bicyclic) bond motifs is 5. The van der Waals surface area contributed by atoms with Crippen molar-refractivity contribution < 1.29 is 19.5 Å². The summed E-state index contributed by atoms with van der Waals surface area (Å²) in [4.78, 5) is 37.1. The number of carbonyl (C=O) groups is 3. The van der Waals surface area contributed by atoms with E-state index in [2.05, 4.69) is 13.8 Å². The van der Waals surface area contributed by atoms with Crippen LogP contribution in [0.3, 0.4) is 0 Å². The molecule has 3 fully saturated rings. The predicted octanol–water partition coefficient (Wildman–Crippen LogP) is 4.34. The number of rotatable bonds is 4. The first-order valence-electron chi connectivity index (χ1n) is 11.3. The summed E-state index contributed by atoms with van der Waals surface area (Å²) >= 11 is 1.50. The molecule has 7 atom stereocenters. The molecule has 0 bridgehead atoms. The zero-order valence-electron chi connectivity index (χ0n) is 17.9. The molecule has 0 saturated heterocycles. The second kappa shape index (κ2) is 7.64. The highest BCUT2D eigenvalue weighted by Crippen LogP contribution is 2.68. The molecule has 4 aliphatic carbocycles. The van der Waals surface area contributed by atoms with Gasteiger partial charge in [-0.3, -0.25) is 14.4 Å². The van der Waals surface area contributed by atoms with Gasteiger partial charge in [0.25, 0.3) is 0 Å². The third-order valence-corrected chi connectivity index (χ3v) is 10.4. The van der Waals surface area contributed by atoms with Crippen LogP contribution in [0.2, 0.25) is 0 Å². The zero-order chi connectivity index (χ0) is 21.0. The Morgan fingerprint density at radius 2 is 1.93 bits per heavy atom. The van der Waals surface area contributed by atoms with Gasteiger partial charge in [-0.15, -0.1) is 0 Å². The van der Waals surface area contributed by atoms with Crippen molar-refractivity contribution in [3.8, 4) is 0 Å². The molecular formula is C24H34O4S. The maximum absolute atomic E-state index is 12.5. The number of allylic oxidation sites excluding steroid dienone is 1. The highest BCUT2D eigenvalue weighted by molar-refractivity contribution is 8.14. The quantitative estimate of drug-likeness (QED) is 0.735. The molecule has 1 N–H and O–H groups in total. The van der Waals surface area contributed by atoms with Gasteiger partial charge in [0.2, 0.25) is 0 Å². The molecule has 4 aliphatic rings. The molecule has 0 heterocycles. The Kier molecular flexibility index (Phi) is 5.61. The van der Waals surface area contributed by atoms with Crippen LogP contribution in [0.5, 0.6) is 0 Å². The van der Waals surface area contributed by atoms with Gasteiger partial charge in [-0.25, -0.2) is 0 Å². The fourth-order valence-electron chi connectivity index (χ4n) is 7.51. The van der Waals surface area contributed by atoms with E-state index in [1.165, 1.54) is 17.3 Å². The summed E-state index contributed by atoms with van der Waals surface area (Å²) in [5, 5.41) is 9.95. The first-order chi connectivity index (χ1) is 13.7. The van der Waals surface area contributed by atoms with Gasteiger partial charge in [0.1, 0.15) is 6.61 Å². The minimum absolute atomic E-state index is 0.00634. The van der Waals surface area contributed by atoms with E-state index in [1.54, 1.807) is 0 Å². The Balaban J connectivity index is 1.73. The van der Waals surface area contributed by atoms with Crippen LogP contribution in [-0.2, 0) is 14.4 Å². The lowest BCUT2D eigenvalue weighted by Gasteiger charge is -2.60. The van der Waals surface area contributed by atoms with E-state index in [0.29, 0.717) is 30.6 Å². The molecule has 0 aromatic carbocycles. The predicted molar refractivity (Wildman–Crippen MR) is 114 cm³/mol. The number of hydrogen-bond donors (Lipinski definition) is 1. The summed E-state index contributed by atoms with van der Waals surface area (Å²) in [5.41, 5.74) is 1.24. The molecule has 1 unspecified atom stereocenters. The topological polar surface area (TPSA) is 71.4 Å². The fraction of sp³-hybridized carbons (Fsp3) is 0.792. The first-order valence-corrected chi connectivity index (χ1v) is 12.2. The maximum Gasteiger partial charge on any atom is 0.188 e. The third kappa shape index (κ3) is 3.27. The van der Waals surface area contributed by atoms with Crippen LogP contribution < -0.4 is 0 Å². The van der Waals surface area contributed by atoms with Crippen molar-refractivity contribution in [1.82, 2.24) is 0 Å². The van der Waals surface area contributed by atoms with Gasteiger partial charge in [0, 0.05) is 24.0 Å². The van der Waals surface area contributed by atoms with Crippen LogP contribution in [0, 0.1) is 34.5 Å². The lowest BCUT2D eigenvalue weighted by molar-refractivity contribution is -0.133. The van der Waals surface area contributed by atoms with Crippen molar-refractivity contribution >= 4 is 28.4 Å². The van der Waals surface area contributed by atoms with Crippen LogP contribution in [0.4, 0.5) is 0 Å². The molecule has 3 saturated carbocycles.